The van der Waals surface area contributed by atoms with Crippen LogP contribution in [0.5, 0.6) is 0 Å². The van der Waals surface area contributed by atoms with Gasteiger partial charge in [0.2, 0.25) is 0 Å². The minimum atomic E-state index is -0.578. The summed E-state index contributed by atoms with van der Waals surface area (Å²) >= 11 is 0. The van der Waals surface area contributed by atoms with Gasteiger partial charge >= 0.3 is 0 Å². The number of hydrogen-bond donors (Lipinski definition) is 2. The summed E-state index contributed by atoms with van der Waals surface area (Å²) in [7, 11) is 0. The summed E-state index contributed by atoms with van der Waals surface area (Å²) in [4.78, 5) is 25.6. The van der Waals surface area contributed by atoms with Gasteiger partial charge in [-0.25, -0.2) is 9.97 Å². The van der Waals surface area contributed by atoms with Gasteiger partial charge in [0.1, 0.15) is 5.82 Å². The van der Waals surface area contributed by atoms with Gasteiger partial charge in [0, 0.05) is 37.4 Å². The van der Waals surface area contributed by atoms with Crippen molar-refractivity contribution in [1.29, 1.82) is 0 Å². The number of piperidine rings is 1. The Morgan fingerprint density at radius 2 is 1.83 bits per heavy atom. The van der Waals surface area contributed by atoms with Crippen LogP contribution in [0.2, 0.25) is 0 Å². The Morgan fingerprint density at radius 1 is 1.10 bits per heavy atom. The molecule has 0 aliphatic carbocycles. The van der Waals surface area contributed by atoms with Crippen molar-refractivity contribution in [3.05, 3.63) is 41.2 Å². The number of rotatable bonds is 4. The van der Waals surface area contributed by atoms with Crippen molar-refractivity contribution in [3.8, 4) is 0 Å². The molecule has 3 N–H and O–H groups in total. The number of nitrogens with zero attached hydrogens (tertiary/aromatic N) is 4. The number of nitrogens with one attached hydrogen (secondary N) is 1. The number of hydrogen-bond acceptors (Lipinski definition) is 6. The number of primary amides is 1. The van der Waals surface area contributed by atoms with Gasteiger partial charge in [-0.15, -0.1) is 0 Å². The average Bonchev–Trinajstić information content (AvgIpc) is 3.12. The van der Waals surface area contributed by atoms with Gasteiger partial charge in [0.25, 0.3) is 5.91 Å². The fraction of sp³-hybridized carbons (Fsp3) is 0.500. The predicted molar refractivity (Wildman–Crippen MR) is 115 cm³/mol. The van der Waals surface area contributed by atoms with Crippen LogP contribution in [-0.2, 0) is 13.1 Å². The maximum Gasteiger partial charge on any atom is 0.271 e. The molecular formula is C22H30N6O. The van der Waals surface area contributed by atoms with Gasteiger partial charge in [0.05, 0.1) is 6.20 Å². The van der Waals surface area contributed by atoms with E-state index in [1.807, 2.05) is 6.07 Å². The van der Waals surface area contributed by atoms with Gasteiger partial charge in [-0.2, -0.15) is 0 Å². The minimum absolute atomic E-state index is 0.125. The number of carbonyl (C=O) groups is 1. The van der Waals surface area contributed by atoms with Crippen molar-refractivity contribution in [2.24, 2.45) is 5.73 Å². The van der Waals surface area contributed by atoms with E-state index in [0.29, 0.717) is 5.82 Å². The van der Waals surface area contributed by atoms with Gasteiger partial charge in [-0.05, 0) is 63.3 Å². The second-order valence-corrected chi connectivity index (χ2v) is 8.97. The summed E-state index contributed by atoms with van der Waals surface area (Å²) in [5.74, 6) is 0.633. The Kier molecular flexibility index (Phi) is 5.17. The highest BCUT2D eigenvalue weighted by atomic mass is 16.1. The number of benzene rings is 1. The lowest BCUT2D eigenvalue weighted by molar-refractivity contribution is 0.0996. The molecule has 29 heavy (non-hydrogen) atoms. The van der Waals surface area contributed by atoms with Crippen molar-refractivity contribution in [1.82, 2.24) is 14.9 Å². The molecular weight excluding hydrogens is 364 g/mol. The Morgan fingerprint density at radius 3 is 2.52 bits per heavy atom. The SMILES string of the molecule is CC(C)(C)N1Cc2ccc(Nc3nc(N4CCCCC4)cnc3C(N)=O)cc2C1. The zero-order valence-corrected chi connectivity index (χ0v) is 17.5. The maximum absolute atomic E-state index is 11.9. The normalized spacial score (nSPS) is 17.3. The van der Waals surface area contributed by atoms with E-state index < -0.39 is 5.91 Å². The topological polar surface area (TPSA) is 87.4 Å². The molecule has 4 rings (SSSR count). The summed E-state index contributed by atoms with van der Waals surface area (Å²) in [5.41, 5.74) is 9.38. The molecule has 1 aromatic heterocycles. The molecule has 1 saturated heterocycles. The van der Waals surface area contributed by atoms with Crippen molar-refractivity contribution in [2.75, 3.05) is 23.3 Å². The van der Waals surface area contributed by atoms with Crippen molar-refractivity contribution < 1.29 is 4.79 Å². The molecule has 0 unspecified atom stereocenters. The summed E-state index contributed by atoms with van der Waals surface area (Å²) in [6, 6.07) is 6.32. The van der Waals surface area contributed by atoms with E-state index in [9.17, 15) is 4.79 Å². The first-order valence-electron chi connectivity index (χ1n) is 10.4. The number of amides is 1. The Bertz CT molecular complexity index is 914. The van der Waals surface area contributed by atoms with E-state index in [2.05, 4.69) is 53.0 Å². The van der Waals surface area contributed by atoms with Crippen LogP contribution in [0, 0.1) is 0 Å². The molecule has 0 bridgehead atoms. The van der Waals surface area contributed by atoms with Crippen molar-refractivity contribution >= 4 is 23.2 Å². The molecule has 0 spiro atoms. The Labute approximate surface area is 172 Å². The lowest BCUT2D eigenvalue weighted by Gasteiger charge is -2.31. The van der Waals surface area contributed by atoms with Crippen molar-refractivity contribution in [3.63, 3.8) is 0 Å². The first-order valence-corrected chi connectivity index (χ1v) is 10.4. The van der Waals surface area contributed by atoms with Crippen LogP contribution in [0.25, 0.3) is 0 Å². The third-order valence-electron chi connectivity index (χ3n) is 5.81. The van der Waals surface area contributed by atoms with Gasteiger partial charge in [0.15, 0.2) is 11.5 Å². The van der Waals surface area contributed by atoms with E-state index in [4.69, 9.17) is 10.7 Å². The maximum atomic E-state index is 11.9. The number of nitrogens with two attached hydrogens (primary N) is 1. The highest BCUT2D eigenvalue weighted by molar-refractivity contribution is 5.96. The second kappa shape index (κ2) is 7.63. The molecule has 2 aliphatic heterocycles. The number of anilines is 3. The van der Waals surface area contributed by atoms with Crippen LogP contribution in [0.3, 0.4) is 0 Å². The molecule has 1 fully saturated rings. The molecule has 7 heteroatoms. The molecule has 2 aromatic rings. The van der Waals surface area contributed by atoms with Crippen molar-refractivity contribution in [2.45, 2.75) is 58.7 Å². The zero-order valence-electron chi connectivity index (χ0n) is 17.5. The third kappa shape index (κ3) is 4.19. The van der Waals surface area contributed by atoms with Gasteiger partial charge in [-0.3, -0.25) is 9.69 Å². The number of aromatic nitrogens is 2. The van der Waals surface area contributed by atoms with Crippen LogP contribution in [-0.4, -0.2) is 39.4 Å². The smallest absolute Gasteiger partial charge is 0.271 e. The van der Waals surface area contributed by atoms with Gasteiger partial charge in [-0.1, -0.05) is 6.07 Å². The lowest BCUT2D eigenvalue weighted by Crippen LogP contribution is -2.36. The number of carbonyl (C=O) groups excluding carboxylic acids is 1. The van der Waals surface area contributed by atoms with Crippen LogP contribution in [0.15, 0.2) is 24.4 Å². The minimum Gasteiger partial charge on any atom is -0.364 e. The fourth-order valence-electron chi connectivity index (χ4n) is 4.01. The van der Waals surface area contributed by atoms with Gasteiger partial charge < -0.3 is 16.0 Å². The average molecular weight is 395 g/mol. The van der Waals surface area contributed by atoms with E-state index >= 15 is 0 Å². The van der Waals surface area contributed by atoms with Crippen LogP contribution in [0.1, 0.15) is 61.6 Å². The molecule has 1 aromatic carbocycles. The predicted octanol–water partition coefficient (Wildman–Crippen LogP) is 3.42. The Hall–Kier alpha value is -2.67. The number of fused-ring (bicyclic) bond motifs is 1. The molecule has 154 valence electrons. The van der Waals surface area contributed by atoms with E-state index in [1.165, 1.54) is 17.5 Å². The molecule has 2 aliphatic rings. The zero-order chi connectivity index (χ0) is 20.6. The monoisotopic (exact) mass is 394 g/mol. The fourth-order valence-corrected chi connectivity index (χ4v) is 4.01. The summed E-state index contributed by atoms with van der Waals surface area (Å²) in [6.45, 7) is 10.5. The second-order valence-electron chi connectivity index (χ2n) is 8.97. The summed E-state index contributed by atoms with van der Waals surface area (Å²) in [6.07, 6.45) is 5.20. The molecule has 0 radical (unpaired) electrons. The van der Waals surface area contributed by atoms with Crippen LogP contribution >= 0.6 is 0 Å². The molecule has 0 atom stereocenters. The largest absolute Gasteiger partial charge is 0.364 e. The first kappa shape index (κ1) is 19.6. The highest BCUT2D eigenvalue weighted by Gasteiger charge is 2.28. The summed E-state index contributed by atoms with van der Waals surface area (Å²) in [5, 5.41) is 3.30. The van der Waals surface area contributed by atoms with Crippen LogP contribution in [0.4, 0.5) is 17.3 Å². The van der Waals surface area contributed by atoms with E-state index in [-0.39, 0.29) is 11.2 Å². The molecule has 3 heterocycles. The third-order valence-corrected chi connectivity index (χ3v) is 5.81. The summed E-state index contributed by atoms with van der Waals surface area (Å²) < 4.78 is 0. The lowest BCUT2D eigenvalue weighted by atomic mass is 10.1. The molecule has 1 amide bonds. The standard InChI is InChI=1S/C22H30N6O/c1-22(2,3)28-13-15-7-8-17(11-16(15)14-28)25-21-19(20(23)29)24-12-18(26-21)27-9-5-4-6-10-27/h7-8,11-12H,4-6,9-10,13-14H2,1-3H3,(H2,23,29)(H,25,26). The van der Waals surface area contributed by atoms with Crippen LogP contribution < -0.4 is 16.0 Å². The first-order chi connectivity index (χ1) is 13.8. The van der Waals surface area contributed by atoms with E-state index in [1.54, 1.807) is 6.20 Å². The molecule has 0 saturated carbocycles. The Balaban J connectivity index is 1.60. The van der Waals surface area contributed by atoms with E-state index in [0.717, 1.165) is 50.5 Å². The highest BCUT2D eigenvalue weighted by Crippen LogP contribution is 2.32. The quantitative estimate of drug-likeness (QED) is 0.826. The molecule has 7 nitrogen and oxygen atoms in total.